The highest BCUT2D eigenvalue weighted by Gasteiger charge is 2.12. The van der Waals surface area contributed by atoms with E-state index in [-0.39, 0.29) is 12.7 Å². The van der Waals surface area contributed by atoms with Gasteiger partial charge in [0.15, 0.2) is 0 Å². The molecule has 2 unspecified atom stereocenters. The van der Waals surface area contributed by atoms with Gasteiger partial charge in [-0.25, -0.2) is 0 Å². The molecule has 0 aliphatic carbocycles. The van der Waals surface area contributed by atoms with Crippen molar-refractivity contribution < 1.29 is 10.2 Å². The number of rotatable bonds is 9. The van der Waals surface area contributed by atoms with E-state index in [1.54, 1.807) is 0 Å². The summed E-state index contributed by atoms with van der Waals surface area (Å²) in [6.45, 7) is 4.38. The summed E-state index contributed by atoms with van der Waals surface area (Å²) in [4.78, 5) is 0. The fourth-order valence-electron chi connectivity index (χ4n) is 1.68. The van der Waals surface area contributed by atoms with Crippen molar-refractivity contribution in [2.45, 2.75) is 64.9 Å². The topological polar surface area (TPSA) is 40.5 Å². The van der Waals surface area contributed by atoms with Gasteiger partial charge in [-0.05, 0) is 18.8 Å². The molecular weight excluding hydrogens is 176 g/mol. The van der Waals surface area contributed by atoms with Gasteiger partial charge in [0.1, 0.15) is 0 Å². The third-order valence-corrected chi connectivity index (χ3v) is 2.84. The lowest BCUT2D eigenvalue weighted by Gasteiger charge is -2.17. The molecule has 0 heterocycles. The van der Waals surface area contributed by atoms with Crippen molar-refractivity contribution in [1.82, 2.24) is 0 Å². The molecule has 0 aromatic rings. The normalized spacial score (nSPS) is 15.4. The molecule has 0 aliphatic heterocycles. The van der Waals surface area contributed by atoms with E-state index in [1.807, 2.05) is 0 Å². The molecule has 0 spiro atoms. The van der Waals surface area contributed by atoms with Crippen molar-refractivity contribution >= 4 is 0 Å². The third-order valence-electron chi connectivity index (χ3n) is 2.84. The lowest BCUT2D eigenvalue weighted by molar-refractivity contribution is 0.0810. The van der Waals surface area contributed by atoms with Crippen LogP contribution >= 0.6 is 0 Å². The Morgan fingerprint density at radius 1 is 1.00 bits per heavy atom. The molecule has 14 heavy (non-hydrogen) atoms. The van der Waals surface area contributed by atoms with Crippen LogP contribution in [0.15, 0.2) is 0 Å². The second kappa shape index (κ2) is 9.47. The van der Waals surface area contributed by atoms with Crippen LogP contribution in [-0.4, -0.2) is 22.9 Å². The zero-order valence-electron chi connectivity index (χ0n) is 9.71. The summed E-state index contributed by atoms with van der Waals surface area (Å²) in [7, 11) is 0. The van der Waals surface area contributed by atoms with Crippen LogP contribution in [-0.2, 0) is 0 Å². The molecule has 0 fully saturated rings. The summed E-state index contributed by atoms with van der Waals surface area (Å²) < 4.78 is 0. The number of hydrogen-bond donors (Lipinski definition) is 2. The van der Waals surface area contributed by atoms with Gasteiger partial charge >= 0.3 is 0 Å². The quantitative estimate of drug-likeness (QED) is 0.564. The SMILES string of the molecule is CCCCCCCC(C)C(O)CCO. The Hall–Kier alpha value is -0.0800. The van der Waals surface area contributed by atoms with Crippen LogP contribution in [0.25, 0.3) is 0 Å². The van der Waals surface area contributed by atoms with Crippen LogP contribution in [0.5, 0.6) is 0 Å². The largest absolute Gasteiger partial charge is 0.396 e. The molecule has 0 rings (SSSR count). The molecule has 86 valence electrons. The van der Waals surface area contributed by atoms with Crippen molar-refractivity contribution in [3.8, 4) is 0 Å². The lowest BCUT2D eigenvalue weighted by atomic mass is 9.95. The predicted octanol–water partition coefficient (Wildman–Crippen LogP) is 2.73. The van der Waals surface area contributed by atoms with Gasteiger partial charge in [0.05, 0.1) is 6.10 Å². The summed E-state index contributed by atoms with van der Waals surface area (Å²) in [5.74, 6) is 0.337. The van der Waals surface area contributed by atoms with Crippen LogP contribution in [0.2, 0.25) is 0 Å². The first-order valence-electron chi connectivity index (χ1n) is 6.01. The van der Waals surface area contributed by atoms with Gasteiger partial charge in [0, 0.05) is 6.61 Å². The van der Waals surface area contributed by atoms with E-state index in [0.29, 0.717) is 12.3 Å². The van der Waals surface area contributed by atoms with E-state index in [9.17, 15) is 5.11 Å². The summed E-state index contributed by atoms with van der Waals surface area (Å²) in [5.41, 5.74) is 0. The summed E-state index contributed by atoms with van der Waals surface area (Å²) in [6, 6.07) is 0. The maximum absolute atomic E-state index is 9.56. The van der Waals surface area contributed by atoms with Crippen LogP contribution in [0.3, 0.4) is 0 Å². The second-order valence-corrected chi connectivity index (χ2v) is 4.26. The van der Waals surface area contributed by atoms with Gasteiger partial charge in [0.2, 0.25) is 0 Å². The molecule has 2 nitrogen and oxygen atoms in total. The lowest BCUT2D eigenvalue weighted by Crippen LogP contribution is -2.18. The Morgan fingerprint density at radius 2 is 1.64 bits per heavy atom. The fraction of sp³-hybridized carbons (Fsp3) is 1.00. The Labute approximate surface area is 88.3 Å². The maximum Gasteiger partial charge on any atom is 0.0587 e. The predicted molar refractivity (Wildman–Crippen MR) is 60.2 cm³/mol. The van der Waals surface area contributed by atoms with Gasteiger partial charge in [-0.3, -0.25) is 0 Å². The standard InChI is InChI=1S/C12H26O2/c1-3-4-5-6-7-8-11(2)12(14)9-10-13/h11-14H,3-10H2,1-2H3. The van der Waals surface area contributed by atoms with E-state index in [0.717, 1.165) is 6.42 Å². The van der Waals surface area contributed by atoms with Gasteiger partial charge in [-0.2, -0.15) is 0 Å². The third kappa shape index (κ3) is 7.34. The molecule has 0 aromatic heterocycles. The van der Waals surface area contributed by atoms with E-state index >= 15 is 0 Å². The van der Waals surface area contributed by atoms with Crippen molar-refractivity contribution in [2.75, 3.05) is 6.61 Å². The van der Waals surface area contributed by atoms with Gasteiger partial charge < -0.3 is 10.2 Å². The number of aliphatic hydroxyl groups is 2. The number of unbranched alkanes of at least 4 members (excludes halogenated alkanes) is 4. The summed E-state index contributed by atoms with van der Waals surface area (Å²) in [6.07, 6.45) is 7.72. The fourth-order valence-corrected chi connectivity index (χ4v) is 1.68. The monoisotopic (exact) mass is 202 g/mol. The molecule has 2 atom stereocenters. The van der Waals surface area contributed by atoms with Gasteiger partial charge in [0.25, 0.3) is 0 Å². The molecule has 0 saturated heterocycles. The van der Waals surface area contributed by atoms with E-state index in [2.05, 4.69) is 13.8 Å². The van der Waals surface area contributed by atoms with E-state index in [1.165, 1.54) is 32.1 Å². The first kappa shape index (κ1) is 13.9. The Morgan fingerprint density at radius 3 is 2.21 bits per heavy atom. The van der Waals surface area contributed by atoms with Crippen LogP contribution in [0.4, 0.5) is 0 Å². The van der Waals surface area contributed by atoms with E-state index < -0.39 is 0 Å². The average molecular weight is 202 g/mol. The molecule has 0 bridgehead atoms. The summed E-state index contributed by atoms with van der Waals surface area (Å²) >= 11 is 0. The Balaban J connectivity index is 3.29. The minimum atomic E-state index is -0.314. The molecule has 0 saturated carbocycles. The molecule has 0 aromatic carbocycles. The summed E-state index contributed by atoms with van der Waals surface area (Å²) in [5, 5.41) is 18.2. The van der Waals surface area contributed by atoms with Crippen LogP contribution in [0.1, 0.15) is 58.8 Å². The first-order valence-corrected chi connectivity index (χ1v) is 6.01. The first-order chi connectivity index (χ1) is 6.72. The Bertz CT molecular complexity index is 115. The minimum absolute atomic E-state index is 0.0986. The van der Waals surface area contributed by atoms with E-state index in [4.69, 9.17) is 5.11 Å². The average Bonchev–Trinajstić information content (AvgIpc) is 2.17. The highest BCUT2D eigenvalue weighted by molar-refractivity contribution is 4.64. The molecule has 2 heteroatoms. The number of hydrogen-bond acceptors (Lipinski definition) is 2. The minimum Gasteiger partial charge on any atom is -0.396 e. The molecule has 0 amide bonds. The van der Waals surface area contributed by atoms with Crippen molar-refractivity contribution in [3.63, 3.8) is 0 Å². The van der Waals surface area contributed by atoms with Crippen molar-refractivity contribution in [1.29, 1.82) is 0 Å². The van der Waals surface area contributed by atoms with Crippen LogP contribution in [0, 0.1) is 5.92 Å². The highest BCUT2D eigenvalue weighted by atomic mass is 16.3. The van der Waals surface area contributed by atoms with Crippen LogP contribution < -0.4 is 0 Å². The molecule has 0 radical (unpaired) electrons. The maximum atomic E-state index is 9.56. The zero-order valence-corrected chi connectivity index (χ0v) is 9.71. The van der Waals surface area contributed by atoms with Gasteiger partial charge in [-0.15, -0.1) is 0 Å². The highest BCUT2D eigenvalue weighted by Crippen LogP contribution is 2.16. The molecule has 2 N–H and O–H groups in total. The molecule has 0 aliphatic rings. The zero-order chi connectivity index (χ0) is 10.8. The second-order valence-electron chi connectivity index (χ2n) is 4.26. The smallest absolute Gasteiger partial charge is 0.0587 e. The number of aliphatic hydroxyl groups excluding tert-OH is 2. The molecular formula is C12H26O2. The van der Waals surface area contributed by atoms with Gasteiger partial charge in [-0.1, -0.05) is 46.0 Å². The van der Waals surface area contributed by atoms with Crippen molar-refractivity contribution in [3.05, 3.63) is 0 Å². The Kier molecular flexibility index (Phi) is 9.42. The van der Waals surface area contributed by atoms with Crippen molar-refractivity contribution in [2.24, 2.45) is 5.92 Å².